The van der Waals surface area contributed by atoms with Crippen molar-refractivity contribution in [1.29, 1.82) is 0 Å². The summed E-state index contributed by atoms with van der Waals surface area (Å²) in [5.74, 6) is 0. The van der Waals surface area contributed by atoms with Crippen LogP contribution in [0.3, 0.4) is 0 Å². The number of hydrogen-bond acceptors (Lipinski definition) is 4. The quantitative estimate of drug-likeness (QED) is 0.581. The van der Waals surface area contributed by atoms with E-state index in [9.17, 15) is 8.42 Å². The van der Waals surface area contributed by atoms with Gasteiger partial charge in [0, 0.05) is 13.1 Å². The number of nitrogens with one attached hydrogen (secondary N) is 1. The second-order valence-corrected chi connectivity index (χ2v) is 5.59. The van der Waals surface area contributed by atoms with Gasteiger partial charge in [-0.25, -0.2) is 13.1 Å². The normalized spacial score (nSPS) is 14.6. The molecular formula is C8H20N2O3S. The molecule has 0 amide bonds. The molecule has 0 saturated heterocycles. The highest BCUT2D eigenvalue weighted by atomic mass is 32.2. The fourth-order valence-electron chi connectivity index (χ4n) is 0.747. The van der Waals surface area contributed by atoms with Gasteiger partial charge in [0.25, 0.3) is 0 Å². The topological polar surface area (TPSA) is 81.4 Å². The Kier molecular flexibility index (Phi) is 6.26. The summed E-state index contributed by atoms with van der Waals surface area (Å²) in [7, 11) is -3.26. The third kappa shape index (κ3) is 5.54. The summed E-state index contributed by atoms with van der Waals surface area (Å²) in [6.07, 6.45) is 0.117. The predicted octanol–water partition coefficient (Wildman–Crippen LogP) is -0.322. The first kappa shape index (κ1) is 13.8. The fraction of sp³-hybridized carbons (Fsp3) is 1.00. The molecular weight excluding hydrogens is 204 g/mol. The van der Waals surface area contributed by atoms with E-state index in [0.29, 0.717) is 13.2 Å². The summed E-state index contributed by atoms with van der Waals surface area (Å²) in [4.78, 5) is 0. The lowest BCUT2D eigenvalue weighted by Gasteiger charge is -2.12. The molecule has 0 aromatic rings. The predicted molar refractivity (Wildman–Crippen MR) is 56.5 cm³/mol. The summed E-state index contributed by atoms with van der Waals surface area (Å²) < 4.78 is 30.3. The lowest BCUT2D eigenvalue weighted by atomic mass is 10.5. The van der Waals surface area contributed by atoms with Gasteiger partial charge in [0.2, 0.25) is 10.0 Å². The minimum atomic E-state index is -3.26. The molecule has 0 radical (unpaired) electrons. The van der Waals surface area contributed by atoms with Crippen molar-refractivity contribution in [3.63, 3.8) is 0 Å². The lowest BCUT2D eigenvalue weighted by Crippen LogP contribution is -2.38. The zero-order valence-corrected chi connectivity index (χ0v) is 9.80. The van der Waals surface area contributed by atoms with E-state index in [-0.39, 0.29) is 12.6 Å². The van der Waals surface area contributed by atoms with Gasteiger partial charge >= 0.3 is 0 Å². The van der Waals surface area contributed by atoms with E-state index < -0.39 is 15.3 Å². The van der Waals surface area contributed by atoms with Crippen LogP contribution in [0.1, 0.15) is 20.8 Å². The van der Waals surface area contributed by atoms with Gasteiger partial charge < -0.3 is 10.5 Å². The van der Waals surface area contributed by atoms with Crippen molar-refractivity contribution in [2.45, 2.75) is 32.1 Å². The Labute approximate surface area is 86.1 Å². The summed E-state index contributed by atoms with van der Waals surface area (Å²) in [6.45, 7) is 6.18. The van der Waals surface area contributed by atoms with Gasteiger partial charge in [0.05, 0.1) is 18.0 Å². The number of hydrogen-bond donors (Lipinski definition) is 2. The van der Waals surface area contributed by atoms with Crippen molar-refractivity contribution >= 4 is 10.0 Å². The third-order valence-electron chi connectivity index (χ3n) is 1.72. The average molecular weight is 224 g/mol. The zero-order valence-electron chi connectivity index (χ0n) is 8.99. The third-order valence-corrected chi connectivity index (χ3v) is 3.58. The van der Waals surface area contributed by atoms with Crippen molar-refractivity contribution < 1.29 is 13.2 Å². The van der Waals surface area contributed by atoms with Gasteiger partial charge in [-0.05, 0) is 20.8 Å². The Bertz CT molecular complexity index is 239. The van der Waals surface area contributed by atoms with Crippen molar-refractivity contribution in [3.05, 3.63) is 0 Å². The Morgan fingerprint density at radius 1 is 1.36 bits per heavy atom. The maximum atomic E-state index is 11.4. The standard InChI is InChI=1S/C8H20N2O3S/c1-7(2)13-5-4-10-14(11,12)8(3)6-9/h7-8,10H,4-6,9H2,1-3H3. The van der Waals surface area contributed by atoms with Crippen molar-refractivity contribution in [3.8, 4) is 0 Å². The Morgan fingerprint density at radius 3 is 2.36 bits per heavy atom. The molecule has 0 bridgehead atoms. The summed E-state index contributed by atoms with van der Waals surface area (Å²) in [6, 6.07) is 0. The highest BCUT2D eigenvalue weighted by Crippen LogP contribution is 1.95. The molecule has 3 N–H and O–H groups in total. The molecule has 14 heavy (non-hydrogen) atoms. The van der Waals surface area contributed by atoms with Gasteiger partial charge in [-0.3, -0.25) is 0 Å². The summed E-state index contributed by atoms with van der Waals surface area (Å²) in [5.41, 5.74) is 5.26. The molecule has 86 valence electrons. The minimum absolute atomic E-state index is 0.117. The van der Waals surface area contributed by atoms with Crippen LogP contribution in [-0.2, 0) is 14.8 Å². The number of sulfonamides is 1. The summed E-state index contributed by atoms with van der Waals surface area (Å²) in [5, 5.41) is -0.554. The number of rotatable bonds is 7. The van der Waals surface area contributed by atoms with Crippen molar-refractivity contribution in [2.75, 3.05) is 19.7 Å². The van der Waals surface area contributed by atoms with Gasteiger partial charge in [-0.1, -0.05) is 0 Å². The number of ether oxygens (including phenoxy) is 1. The van der Waals surface area contributed by atoms with Crippen LogP contribution >= 0.6 is 0 Å². The van der Waals surface area contributed by atoms with Crippen LogP contribution in [0.5, 0.6) is 0 Å². The van der Waals surface area contributed by atoms with Crippen molar-refractivity contribution in [2.24, 2.45) is 5.73 Å². The highest BCUT2D eigenvalue weighted by molar-refractivity contribution is 7.90. The van der Waals surface area contributed by atoms with Crippen LogP contribution in [0.15, 0.2) is 0 Å². The SMILES string of the molecule is CC(C)OCCNS(=O)(=O)C(C)CN. The van der Waals surface area contributed by atoms with Crippen LogP contribution < -0.4 is 10.5 Å². The van der Waals surface area contributed by atoms with E-state index in [0.717, 1.165) is 0 Å². The van der Waals surface area contributed by atoms with E-state index in [1.807, 2.05) is 13.8 Å². The first-order valence-corrected chi connectivity index (χ1v) is 6.25. The largest absolute Gasteiger partial charge is 0.377 e. The van der Waals surface area contributed by atoms with Crippen LogP contribution in [0.2, 0.25) is 0 Å². The monoisotopic (exact) mass is 224 g/mol. The maximum absolute atomic E-state index is 11.4. The second kappa shape index (κ2) is 6.34. The van der Waals surface area contributed by atoms with Gasteiger partial charge in [0.1, 0.15) is 0 Å². The first-order chi connectivity index (χ1) is 6.40. The maximum Gasteiger partial charge on any atom is 0.215 e. The van der Waals surface area contributed by atoms with Crippen LogP contribution in [0.4, 0.5) is 0 Å². The molecule has 0 aliphatic carbocycles. The molecule has 0 fully saturated rings. The van der Waals surface area contributed by atoms with Gasteiger partial charge in [-0.15, -0.1) is 0 Å². The molecule has 0 aromatic carbocycles. The minimum Gasteiger partial charge on any atom is -0.377 e. The number of nitrogens with two attached hydrogens (primary N) is 1. The zero-order chi connectivity index (χ0) is 11.2. The smallest absolute Gasteiger partial charge is 0.215 e. The molecule has 0 aliphatic rings. The molecule has 0 rings (SSSR count). The lowest BCUT2D eigenvalue weighted by molar-refractivity contribution is 0.0833. The second-order valence-electron chi connectivity index (χ2n) is 3.41. The summed E-state index contributed by atoms with van der Waals surface area (Å²) >= 11 is 0. The van der Waals surface area contributed by atoms with Crippen LogP contribution in [0.25, 0.3) is 0 Å². The molecule has 0 spiro atoms. The average Bonchev–Trinajstić information content (AvgIpc) is 2.10. The van der Waals surface area contributed by atoms with E-state index in [1.165, 1.54) is 0 Å². The Morgan fingerprint density at radius 2 is 1.93 bits per heavy atom. The van der Waals surface area contributed by atoms with Gasteiger partial charge in [-0.2, -0.15) is 0 Å². The first-order valence-electron chi connectivity index (χ1n) is 4.70. The Balaban J connectivity index is 3.78. The van der Waals surface area contributed by atoms with E-state index >= 15 is 0 Å². The molecule has 1 unspecified atom stereocenters. The van der Waals surface area contributed by atoms with Crippen LogP contribution in [-0.4, -0.2) is 39.5 Å². The fourth-order valence-corrected chi connectivity index (χ4v) is 1.65. The van der Waals surface area contributed by atoms with E-state index in [2.05, 4.69) is 4.72 Å². The molecule has 5 nitrogen and oxygen atoms in total. The molecule has 1 atom stereocenters. The van der Waals surface area contributed by atoms with Crippen LogP contribution in [0, 0.1) is 0 Å². The molecule has 0 saturated carbocycles. The Hall–Kier alpha value is -0.170. The van der Waals surface area contributed by atoms with Crippen molar-refractivity contribution in [1.82, 2.24) is 4.72 Å². The molecule has 0 aliphatic heterocycles. The molecule has 0 aromatic heterocycles. The van der Waals surface area contributed by atoms with Gasteiger partial charge in [0.15, 0.2) is 0 Å². The van der Waals surface area contributed by atoms with E-state index in [4.69, 9.17) is 10.5 Å². The molecule has 6 heteroatoms. The van der Waals surface area contributed by atoms with E-state index in [1.54, 1.807) is 6.92 Å². The highest BCUT2D eigenvalue weighted by Gasteiger charge is 2.17. The molecule has 0 heterocycles.